The first-order valence-corrected chi connectivity index (χ1v) is 10.0. The van der Waals surface area contributed by atoms with Gasteiger partial charge in [-0.3, -0.25) is 4.79 Å². The van der Waals surface area contributed by atoms with Gasteiger partial charge in [-0.05, 0) is 50.2 Å². The van der Waals surface area contributed by atoms with Crippen molar-refractivity contribution >= 4 is 5.91 Å². The summed E-state index contributed by atoms with van der Waals surface area (Å²) in [6.45, 7) is 2.73. The molecule has 0 spiro atoms. The number of likely N-dealkylation sites (tertiary alicyclic amines) is 1. The van der Waals surface area contributed by atoms with Gasteiger partial charge >= 0.3 is 6.18 Å². The summed E-state index contributed by atoms with van der Waals surface area (Å²) in [4.78, 5) is 13.4. The van der Waals surface area contributed by atoms with Crippen molar-refractivity contribution in [3.8, 4) is 11.5 Å². The molecule has 2 heterocycles. The number of nitrogens with zero attached hydrogens (tertiary/aromatic N) is 3. The van der Waals surface area contributed by atoms with E-state index in [4.69, 9.17) is 4.42 Å². The van der Waals surface area contributed by atoms with E-state index in [0.29, 0.717) is 25.1 Å². The van der Waals surface area contributed by atoms with E-state index in [2.05, 4.69) is 10.2 Å². The topological polar surface area (TPSA) is 79.5 Å². The number of hydrogen-bond acceptors (Lipinski definition) is 5. The molecule has 1 aromatic heterocycles. The van der Waals surface area contributed by atoms with Gasteiger partial charge in [0.1, 0.15) is 0 Å². The molecule has 30 heavy (non-hydrogen) atoms. The van der Waals surface area contributed by atoms with Gasteiger partial charge < -0.3 is 14.4 Å². The van der Waals surface area contributed by atoms with Crippen LogP contribution in [0.1, 0.15) is 39.0 Å². The minimum Gasteiger partial charge on any atom is -0.420 e. The lowest BCUT2D eigenvalue weighted by Gasteiger charge is -2.42. The Morgan fingerprint density at radius 3 is 2.47 bits per heavy atom. The SMILES string of the molecule is C[C@@H]1CN(C(=O)C(C)(O)C(F)(F)F)CC[C@@H]1C1(c2nnc(-c3ccccc3)o2)CC1. The monoisotopic (exact) mass is 423 g/mol. The third-order valence-electron chi connectivity index (χ3n) is 6.53. The highest BCUT2D eigenvalue weighted by Gasteiger charge is 2.60. The Labute approximate surface area is 172 Å². The maximum Gasteiger partial charge on any atom is 0.426 e. The molecule has 2 aromatic rings. The summed E-state index contributed by atoms with van der Waals surface area (Å²) in [6, 6.07) is 9.44. The molecular weight excluding hydrogens is 399 g/mol. The number of hydrogen-bond donors (Lipinski definition) is 1. The number of carbonyl (C=O) groups is 1. The van der Waals surface area contributed by atoms with E-state index in [1.165, 1.54) is 0 Å². The van der Waals surface area contributed by atoms with Crippen molar-refractivity contribution in [1.29, 1.82) is 0 Å². The van der Waals surface area contributed by atoms with E-state index in [1.54, 1.807) is 0 Å². The number of alkyl halides is 3. The molecule has 2 aliphatic rings. The first kappa shape index (κ1) is 20.8. The smallest absolute Gasteiger partial charge is 0.420 e. The van der Waals surface area contributed by atoms with Gasteiger partial charge in [0.05, 0.1) is 5.41 Å². The molecule has 1 saturated heterocycles. The van der Waals surface area contributed by atoms with Crippen LogP contribution < -0.4 is 0 Å². The number of aromatic nitrogens is 2. The second kappa shape index (κ2) is 7.08. The summed E-state index contributed by atoms with van der Waals surface area (Å²) in [5.74, 6) is -0.254. The van der Waals surface area contributed by atoms with Gasteiger partial charge in [-0.15, -0.1) is 10.2 Å². The van der Waals surface area contributed by atoms with E-state index in [1.807, 2.05) is 37.3 Å². The predicted octanol–water partition coefficient (Wildman–Crippen LogP) is 3.57. The van der Waals surface area contributed by atoms with Gasteiger partial charge in [0.2, 0.25) is 17.4 Å². The first-order valence-electron chi connectivity index (χ1n) is 10.0. The van der Waals surface area contributed by atoms with Crippen LogP contribution in [0, 0.1) is 11.8 Å². The Bertz CT molecular complexity index is 922. The third kappa shape index (κ3) is 3.38. The fourth-order valence-electron chi connectivity index (χ4n) is 4.58. The highest BCUT2D eigenvalue weighted by atomic mass is 19.4. The van der Waals surface area contributed by atoms with Crippen LogP contribution in [0.5, 0.6) is 0 Å². The van der Waals surface area contributed by atoms with E-state index >= 15 is 0 Å². The van der Waals surface area contributed by atoms with Crippen LogP contribution in [-0.2, 0) is 10.2 Å². The summed E-state index contributed by atoms with van der Waals surface area (Å²) < 4.78 is 45.1. The summed E-state index contributed by atoms with van der Waals surface area (Å²) in [5, 5.41) is 18.2. The molecule has 3 atom stereocenters. The van der Waals surface area contributed by atoms with Crippen molar-refractivity contribution in [3.63, 3.8) is 0 Å². The fourth-order valence-corrected chi connectivity index (χ4v) is 4.58. The quantitative estimate of drug-likeness (QED) is 0.814. The van der Waals surface area contributed by atoms with Gasteiger partial charge in [-0.2, -0.15) is 13.2 Å². The standard InChI is InChI=1S/C21H24F3N3O3/c1-13-12-27(18(28)19(2,29)21(22,23)24)11-8-15(13)20(9-10-20)17-26-25-16(30-17)14-6-4-3-5-7-14/h3-7,13,15,29H,8-12H2,1-2H3/t13-,15+,19?/m1/s1. The van der Waals surface area contributed by atoms with Crippen LogP contribution in [0.2, 0.25) is 0 Å². The molecule has 1 aliphatic carbocycles. The zero-order valence-corrected chi connectivity index (χ0v) is 16.8. The predicted molar refractivity (Wildman–Crippen MR) is 101 cm³/mol. The maximum atomic E-state index is 13.1. The second-order valence-corrected chi connectivity index (χ2v) is 8.63. The van der Waals surface area contributed by atoms with Crippen LogP contribution in [0.4, 0.5) is 13.2 Å². The highest BCUT2D eigenvalue weighted by molar-refractivity contribution is 5.85. The summed E-state index contributed by atoms with van der Waals surface area (Å²) in [5.41, 5.74) is -2.84. The van der Waals surface area contributed by atoms with Crippen LogP contribution in [0.15, 0.2) is 34.7 Å². The summed E-state index contributed by atoms with van der Waals surface area (Å²) >= 11 is 0. The van der Waals surface area contributed by atoms with E-state index in [0.717, 1.165) is 23.3 Å². The Morgan fingerprint density at radius 2 is 1.90 bits per heavy atom. The van der Waals surface area contributed by atoms with Gasteiger partial charge in [0.25, 0.3) is 5.91 Å². The largest absolute Gasteiger partial charge is 0.426 e. The van der Waals surface area contributed by atoms with Crippen LogP contribution in [0.25, 0.3) is 11.5 Å². The molecule has 1 aliphatic heterocycles. The van der Waals surface area contributed by atoms with Crippen LogP contribution in [0.3, 0.4) is 0 Å². The number of halogens is 3. The second-order valence-electron chi connectivity index (χ2n) is 8.63. The van der Waals surface area contributed by atoms with E-state index < -0.39 is 17.7 Å². The third-order valence-corrected chi connectivity index (χ3v) is 6.53. The summed E-state index contributed by atoms with van der Waals surface area (Å²) in [6.07, 6.45) is -2.76. The Morgan fingerprint density at radius 1 is 1.23 bits per heavy atom. The van der Waals surface area contributed by atoms with Crippen LogP contribution >= 0.6 is 0 Å². The molecule has 4 rings (SSSR count). The summed E-state index contributed by atoms with van der Waals surface area (Å²) in [7, 11) is 0. The van der Waals surface area contributed by atoms with Crippen molar-refractivity contribution in [2.45, 2.75) is 50.3 Å². The normalized spacial score (nSPS) is 25.6. The molecule has 6 nitrogen and oxygen atoms in total. The molecule has 1 aromatic carbocycles. The number of piperidine rings is 1. The van der Waals surface area contributed by atoms with E-state index in [-0.39, 0.29) is 30.3 Å². The molecule has 2 fully saturated rings. The number of amides is 1. The molecule has 0 bridgehead atoms. The maximum absolute atomic E-state index is 13.1. The van der Waals surface area contributed by atoms with Crippen molar-refractivity contribution < 1.29 is 27.5 Å². The molecule has 1 N–H and O–H groups in total. The molecular formula is C21H24F3N3O3. The van der Waals surface area contributed by atoms with Gasteiger partial charge in [-0.1, -0.05) is 25.1 Å². The minimum atomic E-state index is -5.01. The van der Waals surface area contributed by atoms with Crippen molar-refractivity contribution in [2.75, 3.05) is 13.1 Å². The fraction of sp³-hybridized carbons (Fsp3) is 0.571. The number of rotatable bonds is 4. The average molecular weight is 423 g/mol. The lowest BCUT2D eigenvalue weighted by molar-refractivity contribution is -0.251. The first-order chi connectivity index (χ1) is 14.1. The lowest BCUT2D eigenvalue weighted by atomic mass is 9.74. The zero-order valence-electron chi connectivity index (χ0n) is 16.8. The van der Waals surface area contributed by atoms with E-state index in [9.17, 15) is 23.1 Å². The number of benzene rings is 1. The molecule has 1 unspecified atom stereocenters. The van der Waals surface area contributed by atoms with Crippen molar-refractivity contribution in [1.82, 2.24) is 15.1 Å². The Kier molecular flexibility index (Phi) is 4.91. The van der Waals surface area contributed by atoms with Crippen molar-refractivity contribution in [3.05, 3.63) is 36.2 Å². The van der Waals surface area contributed by atoms with Gasteiger partial charge in [0, 0.05) is 18.7 Å². The molecule has 1 saturated carbocycles. The van der Waals surface area contributed by atoms with Crippen LogP contribution in [-0.4, -0.2) is 51.0 Å². The molecule has 1 amide bonds. The Balaban J connectivity index is 1.49. The van der Waals surface area contributed by atoms with Gasteiger partial charge in [-0.25, -0.2) is 0 Å². The lowest BCUT2D eigenvalue weighted by Crippen LogP contribution is -2.58. The zero-order chi connectivity index (χ0) is 21.7. The Hall–Kier alpha value is -2.42. The number of carbonyl (C=O) groups excluding carboxylic acids is 1. The minimum absolute atomic E-state index is 0.0682. The van der Waals surface area contributed by atoms with Crippen molar-refractivity contribution in [2.24, 2.45) is 11.8 Å². The molecule has 9 heteroatoms. The average Bonchev–Trinajstić information content (AvgIpc) is 3.35. The number of aliphatic hydroxyl groups is 1. The molecule has 0 radical (unpaired) electrons. The van der Waals surface area contributed by atoms with Gasteiger partial charge in [0.15, 0.2) is 0 Å². The molecule has 162 valence electrons. The highest BCUT2D eigenvalue weighted by Crippen LogP contribution is 2.58.